The van der Waals surface area contributed by atoms with Crippen LogP contribution in [0, 0.1) is 11.2 Å². The summed E-state index contributed by atoms with van der Waals surface area (Å²) in [6.45, 7) is 1.13. The second kappa shape index (κ2) is 4.87. The molecule has 3 atom stereocenters. The van der Waals surface area contributed by atoms with Gasteiger partial charge in [0.2, 0.25) is 5.82 Å². The maximum absolute atomic E-state index is 13.2. The van der Waals surface area contributed by atoms with Crippen molar-refractivity contribution < 1.29 is 19.3 Å². The quantitative estimate of drug-likeness (QED) is 0.652. The molecule has 1 fully saturated rings. The van der Waals surface area contributed by atoms with Gasteiger partial charge >= 0.3 is 5.69 Å². The molecule has 1 aliphatic heterocycles. The number of aliphatic hydroxyl groups is 2. The van der Waals surface area contributed by atoms with E-state index in [4.69, 9.17) is 4.74 Å². The largest absolute Gasteiger partial charge is 0.396 e. The molecule has 2 rings (SSSR count). The molecule has 19 heavy (non-hydrogen) atoms. The monoisotopic (exact) mass is 274 g/mol. The van der Waals surface area contributed by atoms with Gasteiger partial charge in [-0.3, -0.25) is 14.3 Å². The van der Waals surface area contributed by atoms with Crippen molar-refractivity contribution in [2.45, 2.75) is 25.7 Å². The van der Waals surface area contributed by atoms with Gasteiger partial charge in [0.25, 0.3) is 5.56 Å². The van der Waals surface area contributed by atoms with Crippen LogP contribution in [-0.4, -0.2) is 39.1 Å². The van der Waals surface area contributed by atoms with Crippen LogP contribution < -0.4 is 11.2 Å². The van der Waals surface area contributed by atoms with Crippen LogP contribution in [0.15, 0.2) is 15.8 Å². The van der Waals surface area contributed by atoms with E-state index in [-0.39, 0.29) is 19.6 Å². The van der Waals surface area contributed by atoms with Crippen LogP contribution in [0.5, 0.6) is 0 Å². The molecule has 0 aromatic carbocycles. The molecule has 0 saturated carbocycles. The lowest BCUT2D eigenvalue weighted by Gasteiger charge is -2.25. The second-order valence-corrected chi connectivity index (χ2v) is 4.92. The molecule has 0 aliphatic carbocycles. The van der Waals surface area contributed by atoms with Crippen LogP contribution in [0.25, 0.3) is 0 Å². The first-order valence-corrected chi connectivity index (χ1v) is 5.79. The molecule has 3 N–H and O–H groups in total. The van der Waals surface area contributed by atoms with Gasteiger partial charge in [0.1, 0.15) is 6.23 Å². The van der Waals surface area contributed by atoms with Crippen molar-refractivity contribution in [1.29, 1.82) is 0 Å². The molecule has 0 radical (unpaired) electrons. The Morgan fingerprint density at radius 1 is 1.58 bits per heavy atom. The van der Waals surface area contributed by atoms with Gasteiger partial charge in [0.15, 0.2) is 0 Å². The zero-order valence-electron chi connectivity index (χ0n) is 10.3. The molecule has 8 heteroatoms. The molecule has 0 bridgehead atoms. The summed E-state index contributed by atoms with van der Waals surface area (Å²) < 4.78 is 19.6. The van der Waals surface area contributed by atoms with Crippen molar-refractivity contribution in [2.75, 3.05) is 13.2 Å². The van der Waals surface area contributed by atoms with Gasteiger partial charge in [0, 0.05) is 11.8 Å². The second-order valence-electron chi connectivity index (χ2n) is 4.92. The van der Waals surface area contributed by atoms with E-state index in [2.05, 4.69) is 0 Å². The lowest BCUT2D eigenvalue weighted by atomic mass is 9.84. The molecule has 106 valence electrons. The van der Waals surface area contributed by atoms with E-state index < -0.39 is 34.8 Å². The highest BCUT2D eigenvalue weighted by molar-refractivity contribution is 4.94. The van der Waals surface area contributed by atoms with Crippen LogP contribution in [-0.2, 0) is 4.74 Å². The zero-order valence-corrected chi connectivity index (χ0v) is 10.3. The Kier molecular flexibility index (Phi) is 3.57. The fraction of sp³-hybridized carbons (Fsp3) is 0.636. The minimum Gasteiger partial charge on any atom is -0.396 e. The number of aromatic amines is 1. The fourth-order valence-electron chi connectivity index (χ4n) is 2.20. The highest BCUT2D eigenvalue weighted by Gasteiger charge is 2.45. The molecular formula is C11H15FN2O5. The van der Waals surface area contributed by atoms with Gasteiger partial charge in [-0.25, -0.2) is 4.79 Å². The maximum Gasteiger partial charge on any atom is 0.330 e. The number of hydrogen-bond acceptors (Lipinski definition) is 5. The molecule has 0 spiro atoms. The van der Waals surface area contributed by atoms with Crippen molar-refractivity contribution in [3.63, 3.8) is 0 Å². The Labute approximate surface area is 107 Å². The van der Waals surface area contributed by atoms with E-state index in [0.717, 1.165) is 10.8 Å². The van der Waals surface area contributed by atoms with E-state index >= 15 is 0 Å². The minimum atomic E-state index is -1.10. The van der Waals surface area contributed by atoms with Crippen molar-refractivity contribution >= 4 is 0 Å². The van der Waals surface area contributed by atoms with Crippen molar-refractivity contribution in [2.24, 2.45) is 5.41 Å². The predicted molar refractivity (Wildman–Crippen MR) is 62.1 cm³/mol. The smallest absolute Gasteiger partial charge is 0.330 e. The van der Waals surface area contributed by atoms with Gasteiger partial charge in [0.05, 0.1) is 25.5 Å². The number of rotatable bonds is 3. The summed E-state index contributed by atoms with van der Waals surface area (Å²) in [4.78, 5) is 24.4. The van der Waals surface area contributed by atoms with Gasteiger partial charge in [-0.05, 0) is 0 Å². The average Bonchev–Trinajstić information content (AvgIpc) is 2.71. The highest BCUT2D eigenvalue weighted by Crippen LogP contribution is 2.42. The Bertz CT molecular complexity index is 583. The number of H-pyrrole nitrogens is 1. The standard InChI is InChI=1S/C11H15FN2O5/c1-11(5-16)2-8(19-7(11)4-15)14-3-6(12)9(17)13-10(14)18/h3,7-8,15-16H,2,4-5H2,1H3,(H,13,17,18)/t7-,8?,11-/m1/s1. The highest BCUT2D eigenvalue weighted by atomic mass is 19.1. The third-order valence-electron chi connectivity index (χ3n) is 3.50. The van der Waals surface area contributed by atoms with E-state index in [1.54, 1.807) is 6.92 Å². The number of ether oxygens (including phenoxy) is 1. The number of aliphatic hydroxyl groups excluding tert-OH is 2. The lowest BCUT2D eigenvalue weighted by molar-refractivity contribution is -0.0544. The van der Waals surface area contributed by atoms with Crippen LogP contribution in [0.1, 0.15) is 19.6 Å². The zero-order chi connectivity index (χ0) is 14.2. The Hall–Kier alpha value is -1.51. The third-order valence-corrected chi connectivity index (χ3v) is 3.50. The first kappa shape index (κ1) is 13.9. The predicted octanol–water partition coefficient (Wildman–Crippen LogP) is -1.05. The summed E-state index contributed by atoms with van der Waals surface area (Å²) in [5.41, 5.74) is -2.62. The number of halogens is 1. The summed E-state index contributed by atoms with van der Waals surface area (Å²) >= 11 is 0. The van der Waals surface area contributed by atoms with E-state index in [9.17, 15) is 24.2 Å². The summed E-state index contributed by atoms with van der Waals surface area (Å²) in [5.74, 6) is -1.10. The molecule has 2 heterocycles. The van der Waals surface area contributed by atoms with E-state index in [0.29, 0.717) is 0 Å². The Morgan fingerprint density at radius 3 is 2.79 bits per heavy atom. The molecule has 7 nitrogen and oxygen atoms in total. The van der Waals surface area contributed by atoms with Crippen molar-refractivity contribution in [3.05, 3.63) is 32.9 Å². The number of nitrogens with zero attached hydrogens (tertiary/aromatic N) is 1. The molecular weight excluding hydrogens is 259 g/mol. The number of hydrogen-bond donors (Lipinski definition) is 3. The molecule has 1 aromatic heterocycles. The minimum absolute atomic E-state index is 0.222. The van der Waals surface area contributed by atoms with Gasteiger partial charge in [-0.2, -0.15) is 4.39 Å². The van der Waals surface area contributed by atoms with Gasteiger partial charge in [-0.1, -0.05) is 6.92 Å². The van der Waals surface area contributed by atoms with Crippen LogP contribution >= 0.6 is 0 Å². The summed E-state index contributed by atoms with van der Waals surface area (Å²) in [6.07, 6.45) is -0.513. The lowest BCUT2D eigenvalue weighted by Crippen LogP contribution is -2.34. The maximum atomic E-state index is 13.2. The topological polar surface area (TPSA) is 105 Å². The molecule has 1 aromatic rings. The average molecular weight is 274 g/mol. The first-order valence-electron chi connectivity index (χ1n) is 5.79. The SMILES string of the molecule is C[C@]1(CO)CC(n2cc(F)c(=O)[nH]c2=O)O[C@@H]1CO. The number of aromatic nitrogens is 2. The fourth-order valence-corrected chi connectivity index (χ4v) is 2.20. The normalized spacial score (nSPS) is 30.7. The summed E-state index contributed by atoms with van der Waals surface area (Å²) in [6, 6.07) is 0. The van der Waals surface area contributed by atoms with Crippen LogP contribution in [0.3, 0.4) is 0 Å². The first-order chi connectivity index (χ1) is 8.91. The Morgan fingerprint density at radius 2 is 2.26 bits per heavy atom. The van der Waals surface area contributed by atoms with Crippen molar-refractivity contribution in [1.82, 2.24) is 9.55 Å². The van der Waals surface area contributed by atoms with E-state index in [1.807, 2.05) is 4.98 Å². The molecule has 0 amide bonds. The van der Waals surface area contributed by atoms with Gasteiger partial charge < -0.3 is 14.9 Å². The van der Waals surface area contributed by atoms with E-state index in [1.165, 1.54) is 0 Å². The Balaban J connectivity index is 2.38. The number of nitrogens with one attached hydrogen (secondary N) is 1. The summed E-state index contributed by atoms with van der Waals surface area (Å²) in [7, 11) is 0. The van der Waals surface area contributed by atoms with Crippen LogP contribution in [0.4, 0.5) is 4.39 Å². The van der Waals surface area contributed by atoms with Crippen molar-refractivity contribution in [3.8, 4) is 0 Å². The molecule has 1 unspecified atom stereocenters. The van der Waals surface area contributed by atoms with Gasteiger partial charge in [-0.15, -0.1) is 0 Å². The molecule has 1 saturated heterocycles. The third kappa shape index (κ3) is 2.34. The summed E-state index contributed by atoms with van der Waals surface area (Å²) in [5, 5.41) is 18.6. The van der Waals surface area contributed by atoms with Crippen LogP contribution in [0.2, 0.25) is 0 Å². The molecule has 1 aliphatic rings.